The summed E-state index contributed by atoms with van der Waals surface area (Å²) in [7, 11) is 0. The second-order valence-electron chi connectivity index (χ2n) is 2.81. The zero-order chi connectivity index (χ0) is 11.3. The molecule has 0 fully saturated rings. The Kier molecular flexibility index (Phi) is 4.30. The second kappa shape index (κ2) is 5.50. The number of halogens is 1. The number of ether oxygens (including phenoxy) is 1. The molecule has 5 nitrogen and oxygen atoms in total. The standard InChI is InChI=1S/C9H13ClN4O/c1-4-6(3)11-8-12-7(10)13-9(14-8)15-5-2/h4,6H,1,5H2,2-3H3,(H,11,12,13,14). The molecule has 0 radical (unpaired) electrons. The normalized spacial score (nSPS) is 11.9. The van der Waals surface area contributed by atoms with Crippen LogP contribution in [0.4, 0.5) is 5.95 Å². The third kappa shape index (κ3) is 3.71. The van der Waals surface area contributed by atoms with Crippen LogP contribution in [0.2, 0.25) is 5.28 Å². The van der Waals surface area contributed by atoms with Gasteiger partial charge in [-0.3, -0.25) is 0 Å². The Labute approximate surface area is 93.6 Å². The van der Waals surface area contributed by atoms with Gasteiger partial charge in [-0.05, 0) is 25.4 Å². The van der Waals surface area contributed by atoms with Gasteiger partial charge in [-0.25, -0.2) is 0 Å². The highest BCUT2D eigenvalue weighted by Crippen LogP contribution is 2.11. The number of hydrogen-bond donors (Lipinski definition) is 1. The highest BCUT2D eigenvalue weighted by Gasteiger charge is 2.06. The van der Waals surface area contributed by atoms with Gasteiger partial charge in [0.1, 0.15) is 0 Å². The van der Waals surface area contributed by atoms with E-state index in [0.717, 1.165) is 0 Å². The minimum Gasteiger partial charge on any atom is -0.464 e. The molecule has 0 aliphatic heterocycles. The zero-order valence-corrected chi connectivity index (χ0v) is 9.45. The average Bonchev–Trinajstić information content (AvgIpc) is 2.17. The van der Waals surface area contributed by atoms with E-state index in [4.69, 9.17) is 16.3 Å². The summed E-state index contributed by atoms with van der Waals surface area (Å²) in [5.41, 5.74) is 0. The third-order valence-corrected chi connectivity index (χ3v) is 1.74. The molecule has 0 spiro atoms. The molecule has 1 atom stereocenters. The van der Waals surface area contributed by atoms with Gasteiger partial charge in [0.15, 0.2) is 0 Å². The van der Waals surface area contributed by atoms with E-state index in [0.29, 0.717) is 12.6 Å². The monoisotopic (exact) mass is 228 g/mol. The van der Waals surface area contributed by atoms with Crippen LogP contribution in [-0.4, -0.2) is 27.6 Å². The lowest BCUT2D eigenvalue weighted by Gasteiger charge is -2.09. The van der Waals surface area contributed by atoms with Crippen molar-refractivity contribution in [2.45, 2.75) is 19.9 Å². The smallest absolute Gasteiger partial charge is 0.322 e. The van der Waals surface area contributed by atoms with E-state index in [1.54, 1.807) is 6.08 Å². The fraction of sp³-hybridized carbons (Fsp3) is 0.444. The zero-order valence-electron chi connectivity index (χ0n) is 8.70. The van der Waals surface area contributed by atoms with Gasteiger partial charge in [-0.15, -0.1) is 6.58 Å². The Bertz CT molecular complexity index is 345. The van der Waals surface area contributed by atoms with Crippen molar-refractivity contribution in [2.24, 2.45) is 0 Å². The molecular formula is C9H13ClN4O. The number of rotatable bonds is 5. The van der Waals surface area contributed by atoms with Crippen LogP contribution in [0.1, 0.15) is 13.8 Å². The van der Waals surface area contributed by atoms with E-state index < -0.39 is 0 Å². The van der Waals surface area contributed by atoms with Gasteiger partial charge >= 0.3 is 6.01 Å². The minimum atomic E-state index is 0.0537. The number of anilines is 1. The summed E-state index contributed by atoms with van der Waals surface area (Å²) in [5.74, 6) is 0.380. The van der Waals surface area contributed by atoms with Gasteiger partial charge in [-0.1, -0.05) is 6.08 Å². The highest BCUT2D eigenvalue weighted by atomic mass is 35.5. The molecule has 1 rings (SSSR count). The molecule has 0 saturated carbocycles. The molecule has 15 heavy (non-hydrogen) atoms. The van der Waals surface area contributed by atoms with E-state index in [-0.39, 0.29) is 17.3 Å². The molecule has 0 amide bonds. The maximum Gasteiger partial charge on any atom is 0.322 e. The van der Waals surface area contributed by atoms with Crippen LogP contribution >= 0.6 is 11.6 Å². The van der Waals surface area contributed by atoms with Crippen LogP contribution in [0.15, 0.2) is 12.7 Å². The van der Waals surface area contributed by atoms with Crippen molar-refractivity contribution < 1.29 is 4.74 Å². The summed E-state index contributed by atoms with van der Waals surface area (Å²) >= 11 is 5.70. The molecule has 1 N–H and O–H groups in total. The first-order valence-corrected chi connectivity index (χ1v) is 4.97. The van der Waals surface area contributed by atoms with E-state index in [1.165, 1.54) is 0 Å². The quantitative estimate of drug-likeness (QED) is 0.781. The van der Waals surface area contributed by atoms with Gasteiger partial charge in [0, 0.05) is 6.04 Å². The first-order valence-electron chi connectivity index (χ1n) is 4.59. The van der Waals surface area contributed by atoms with Gasteiger partial charge in [0.05, 0.1) is 6.61 Å². The summed E-state index contributed by atoms with van der Waals surface area (Å²) in [6, 6.07) is 0.272. The van der Waals surface area contributed by atoms with E-state index in [2.05, 4.69) is 26.8 Å². The van der Waals surface area contributed by atoms with Crippen molar-refractivity contribution in [3.63, 3.8) is 0 Å². The summed E-state index contributed by atoms with van der Waals surface area (Å²) < 4.78 is 5.13. The molecule has 1 unspecified atom stereocenters. The van der Waals surface area contributed by atoms with Crippen LogP contribution in [-0.2, 0) is 0 Å². The van der Waals surface area contributed by atoms with Gasteiger partial charge < -0.3 is 10.1 Å². The molecular weight excluding hydrogens is 216 g/mol. The first kappa shape index (κ1) is 11.7. The third-order valence-electron chi connectivity index (χ3n) is 1.57. The maximum atomic E-state index is 5.70. The number of nitrogens with one attached hydrogen (secondary N) is 1. The van der Waals surface area contributed by atoms with Gasteiger partial charge in [0.2, 0.25) is 11.2 Å². The largest absolute Gasteiger partial charge is 0.464 e. The lowest BCUT2D eigenvalue weighted by Crippen LogP contribution is -2.14. The summed E-state index contributed by atoms with van der Waals surface area (Å²) in [4.78, 5) is 11.7. The number of nitrogens with zero attached hydrogens (tertiary/aromatic N) is 3. The molecule has 1 aromatic rings. The van der Waals surface area contributed by atoms with E-state index in [1.807, 2.05) is 13.8 Å². The SMILES string of the molecule is C=CC(C)Nc1nc(Cl)nc(OCC)n1. The number of aromatic nitrogens is 3. The van der Waals surface area contributed by atoms with Crippen molar-refractivity contribution in [2.75, 3.05) is 11.9 Å². The van der Waals surface area contributed by atoms with Gasteiger partial charge in [0.25, 0.3) is 0 Å². The molecule has 0 bridgehead atoms. The molecule has 0 aliphatic carbocycles. The van der Waals surface area contributed by atoms with Crippen LogP contribution in [0, 0.1) is 0 Å². The predicted molar refractivity (Wildman–Crippen MR) is 59.3 cm³/mol. The van der Waals surface area contributed by atoms with Crippen LogP contribution in [0.25, 0.3) is 0 Å². The Balaban J connectivity index is 2.83. The van der Waals surface area contributed by atoms with Crippen molar-refractivity contribution in [1.82, 2.24) is 15.0 Å². The molecule has 1 aromatic heterocycles. The lowest BCUT2D eigenvalue weighted by molar-refractivity contribution is 0.312. The average molecular weight is 229 g/mol. The van der Waals surface area contributed by atoms with Crippen LogP contribution in [0.5, 0.6) is 6.01 Å². The molecule has 1 heterocycles. The Morgan fingerprint density at radius 1 is 1.53 bits per heavy atom. The van der Waals surface area contributed by atoms with Crippen molar-refractivity contribution in [3.05, 3.63) is 17.9 Å². The van der Waals surface area contributed by atoms with Crippen molar-refractivity contribution in [1.29, 1.82) is 0 Å². The van der Waals surface area contributed by atoms with Crippen molar-refractivity contribution in [3.8, 4) is 6.01 Å². The molecule has 0 saturated heterocycles. The Morgan fingerprint density at radius 3 is 2.87 bits per heavy atom. The number of hydrogen-bond acceptors (Lipinski definition) is 5. The maximum absolute atomic E-state index is 5.70. The minimum absolute atomic E-state index is 0.0537. The Morgan fingerprint density at radius 2 is 2.27 bits per heavy atom. The van der Waals surface area contributed by atoms with Crippen LogP contribution < -0.4 is 10.1 Å². The summed E-state index contributed by atoms with van der Waals surface area (Å²) in [5, 5.41) is 3.09. The van der Waals surface area contributed by atoms with E-state index >= 15 is 0 Å². The fourth-order valence-electron chi connectivity index (χ4n) is 0.853. The predicted octanol–water partition coefficient (Wildman–Crippen LogP) is 1.91. The first-order chi connectivity index (χ1) is 7.15. The Hall–Kier alpha value is -1.36. The lowest BCUT2D eigenvalue weighted by atomic mass is 10.3. The summed E-state index contributed by atoms with van der Waals surface area (Å²) in [6.07, 6.45) is 1.73. The highest BCUT2D eigenvalue weighted by molar-refractivity contribution is 6.28. The van der Waals surface area contributed by atoms with E-state index in [9.17, 15) is 0 Å². The summed E-state index contributed by atoms with van der Waals surface area (Å²) in [6.45, 7) is 7.89. The molecule has 0 aromatic carbocycles. The van der Waals surface area contributed by atoms with Gasteiger partial charge in [-0.2, -0.15) is 15.0 Å². The second-order valence-corrected chi connectivity index (χ2v) is 3.15. The van der Waals surface area contributed by atoms with Crippen molar-refractivity contribution >= 4 is 17.5 Å². The molecule has 6 heteroatoms. The van der Waals surface area contributed by atoms with Crippen LogP contribution in [0.3, 0.4) is 0 Å². The molecule has 0 aliphatic rings. The topological polar surface area (TPSA) is 59.9 Å². The molecule has 82 valence electrons. The fourth-order valence-corrected chi connectivity index (χ4v) is 1.01.